The molecule has 724 valence electrons. The minimum atomic E-state index is -0.764. The molecule has 0 bridgehead atoms. The largest absolute Gasteiger partial charge is 0.396 e. The second-order valence-corrected chi connectivity index (χ2v) is 33.4. The molecule has 26 heteroatoms. The zero-order valence-corrected chi connectivity index (χ0v) is 83.1. The molecule has 3 heterocycles. The number of aliphatic hydroxyl groups excluding tert-OH is 5. The third-order valence-corrected chi connectivity index (χ3v) is 18.9. The maximum Gasteiger partial charge on any atom is 0.0633 e. The number of nitrogens with zero attached hydrogens (tertiary/aromatic N) is 5. The number of nitrogens with two attached hydrogens (primary N) is 9. The fraction of sp³-hybridized carbons (Fsp3) is 1.00. The first kappa shape index (κ1) is 139. The summed E-state index contributed by atoms with van der Waals surface area (Å²) in [5.74, 6) is 0.856. The van der Waals surface area contributed by atoms with Gasteiger partial charge in [0.25, 0.3) is 0 Å². The van der Waals surface area contributed by atoms with Gasteiger partial charge in [0.1, 0.15) is 0 Å². The van der Waals surface area contributed by atoms with E-state index in [0.29, 0.717) is 37.7 Å². The lowest BCUT2D eigenvalue weighted by Gasteiger charge is -2.21. The molecule has 4 rings (SSSR count). The Morgan fingerprint density at radius 1 is 0.504 bits per heavy atom. The molecule has 4 fully saturated rings. The summed E-state index contributed by atoms with van der Waals surface area (Å²) in [7, 11) is 12.3. The first-order valence-corrected chi connectivity index (χ1v) is 47.8. The number of likely N-dealkylation sites (N-methyl/N-ethyl adjacent to an activating group) is 2. The standard InChI is InChI=1S/C9H21N.C7H16N2.C7H18N2.C7H17N.C7H16.C6H14N2.C6H16N2.C6H13NO.C6H15NO.C5H12N2.2C5H14N2.C5H13NO2.C5H13NO.C5H13N/c1-8(2)6-5-7-10-9(3)4;1-9-6-2-3-7(9)4-5-8;1-3-8-6-5-7-9-4-2;1-3-5-6-7-8-4-2;1-3-5-7-6-4-2;7-3-6-8-4-1-2-5-8;1-3-8(4-2)6-5-7;7-5-1-3-6(8)4-2-5;7-5-3-1-2-4-6-8;1-2-6-4-5-7-3-1;1-5(6)4-7(2)3;1-7(2)5-3-4-6;1-2-5(6,3-7)4-8;1-5(2,3-6)4-7;1-3-4-5-6-2/h8-10H,5-7H2,1-4H3;7H,2-6,8H2,1H3;8-9H,3-7H2,1-2H3;8H,3-7H2,1-2H3;3-7H2,1-2H3;1-7H2;3-7H2,1-2H3;5-6,8H,1-4,7H2;8H,1-7H2;6-7H,1-5H2;5H,4,6H2,1-3H3;3-6H2,1-2H3;7-8H,2-4,6H2,1H3;7H,3-4,6H2,1-2H3;6H,3-5H2,1-2H3. The van der Waals surface area contributed by atoms with E-state index in [4.69, 9.17) is 77.1 Å². The van der Waals surface area contributed by atoms with Crippen LogP contribution in [0.3, 0.4) is 0 Å². The Morgan fingerprint density at radius 2 is 0.991 bits per heavy atom. The summed E-state index contributed by atoms with van der Waals surface area (Å²) in [5, 5.41) is 65.7. The van der Waals surface area contributed by atoms with Crippen molar-refractivity contribution in [3.05, 3.63) is 0 Å². The average Bonchev–Trinajstić information content (AvgIpc) is 1.76. The van der Waals surface area contributed by atoms with E-state index in [1.165, 1.54) is 168 Å². The lowest BCUT2D eigenvalue weighted by Crippen LogP contribution is -2.46. The molecule has 2 atom stereocenters. The van der Waals surface area contributed by atoms with Crippen molar-refractivity contribution in [1.82, 2.24) is 61.7 Å². The third-order valence-electron chi connectivity index (χ3n) is 18.9. The Kier molecular flexibility index (Phi) is 144. The van der Waals surface area contributed by atoms with Crippen molar-refractivity contribution in [2.24, 2.45) is 62.9 Å². The maximum absolute atomic E-state index is 8.97. The highest BCUT2D eigenvalue weighted by Gasteiger charge is 2.20. The molecule has 0 radical (unpaired) electrons. The van der Waals surface area contributed by atoms with E-state index >= 15 is 0 Å². The van der Waals surface area contributed by atoms with Gasteiger partial charge >= 0.3 is 0 Å². The number of unbranched alkanes of at least 4 members (excludes halogenated alkanes) is 10. The van der Waals surface area contributed by atoms with Crippen LogP contribution < -0.4 is 88.8 Å². The summed E-state index contributed by atoms with van der Waals surface area (Å²) >= 11 is 0. The van der Waals surface area contributed by atoms with Gasteiger partial charge in [-0.1, -0.05) is 175 Å². The summed E-state index contributed by atoms with van der Waals surface area (Å²) < 4.78 is 0. The molecule has 1 saturated carbocycles. The molecule has 30 N–H and O–H groups in total. The molecule has 0 amide bonds. The first-order chi connectivity index (χ1) is 55.8. The zero-order chi connectivity index (χ0) is 91.7. The molecule has 0 aromatic rings. The van der Waals surface area contributed by atoms with Crippen molar-refractivity contribution in [1.29, 1.82) is 0 Å². The van der Waals surface area contributed by atoms with Gasteiger partial charge in [0.2, 0.25) is 0 Å². The lowest BCUT2D eigenvalue weighted by atomic mass is 9.94. The predicted octanol–water partition coefficient (Wildman–Crippen LogP) is 8.69. The van der Waals surface area contributed by atoms with Crippen molar-refractivity contribution in [3.63, 3.8) is 0 Å². The van der Waals surface area contributed by atoms with Gasteiger partial charge in [-0.25, -0.2) is 0 Å². The van der Waals surface area contributed by atoms with Gasteiger partial charge in [0.15, 0.2) is 0 Å². The van der Waals surface area contributed by atoms with E-state index in [0.717, 1.165) is 194 Å². The Bertz CT molecular complexity index is 1490. The molecule has 0 spiro atoms. The highest BCUT2D eigenvalue weighted by molar-refractivity contribution is 4.80. The van der Waals surface area contributed by atoms with Crippen LogP contribution in [0.25, 0.3) is 0 Å². The van der Waals surface area contributed by atoms with Crippen LogP contribution in [0, 0.1) is 11.3 Å². The van der Waals surface area contributed by atoms with Crippen LogP contribution in [-0.2, 0) is 0 Å². The van der Waals surface area contributed by atoms with Gasteiger partial charge in [0, 0.05) is 88.6 Å². The lowest BCUT2D eigenvalue weighted by molar-refractivity contribution is 0.118. The number of rotatable bonds is 46. The molecule has 4 aliphatic rings. The van der Waals surface area contributed by atoms with Crippen molar-refractivity contribution in [2.75, 3.05) is 245 Å². The number of nitrogens with one attached hydrogen (secondary N) is 7. The molecular weight excluding hydrogens is 1470 g/mol. The van der Waals surface area contributed by atoms with E-state index in [9.17, 15) is 0 Å². The summed E-state index contributed by atoms with van der Waals surface area (Å²) in [5.41, 5.74) is 47.5. The highest BCUT2D eigenvalue weighted by atomic mass is 16.3. The van der Waals surface area contributed by atoms with Gasteiger partial charge in [-0.2, -0.15) is 0 Å². The molecule has 3 aliphatic heterocycles. The van der Waals surface area contributed by atoms with Crippen LogP contribution in [0.2, 0.25) is 0 Å². The van der Waals surface area contributed by atoms with Gasteiger partial charge < -0.3 is 139 Å². The monoisotopic (exact) mass is 1690 g/mol. The van der Waals surface area contributed by atoms with Crippen LogP contribution in [0.4, 0.5) is 0 Å². The summed E-state index contributed by atoms with van der Waals surface area (Å²) in [4.78, 5) is 11.3. The Balaban J connectivity index is -0.000000114. The number of aliphatic hydroxyl groups is 5. The molecule has 26 nitrogen and oxygen atoms in total. The quantitative estimate of drug-likeness (QED) is 0.0253. The van der Waals surface area contributed by atoms with Crippen molar-refractivity contribution in [2.45, 2.75) is 340 Å². The summed E-state index contributed by atoms with van der Waals surface area (Å²) in [6.07, 6.45) is 35.2. The van der Waals surface area contributed by atoms with Gasteiger partial charge in [-0.05, 0) is 308 Å². The van der Waals surface area contributed by atoms with Crippen molar-refractivity contribution < 1.29 is 25.5 Å². The fourth-order valence-corrected chi connectivity index (χ4v) is 10.5. The van der Waals surface area contributed by atoms with E-state index in [2.05, 4.69) is 173 Å². The second-order valence-electron chi connectivity index (χ2n) is 33.4. The Labute approximate surface area is 731 Å². The van der Waals surface area contributed by atoms with Crippen LogP contribution >= 0.6 is 0 Å². The number of hydrogen-bond donors (Lipinski definition) is 21. The van der Waals surface area contributed by atoms with Crippen LogP contribution in [-0.4, -0.2) is 331 Å². The molecule has 0 aromatic heterocycles. The average molecular weight is 1690 g/mol. The van der Waals surface area contributed by atoms with Crippen LogP contribution in [0.15, 0.2) is 0 Å². The molecule has 3 saturated heterocycles. The van der Waals surface area contributed by atoms with E-state index in [-0.39, 0.29) is 31.3 Å². The molecule has 117 heavy (non-hydrogen) atoms. The van der Waals surface area contributed by atoms with Crippen LogP contribution in [0.5, 0.6) is 0 Å². The number of hydrogen-bond acceptors (Lipinski definition) is 26. The Morgan fingerprint density at radius 3 is 1.28 bits per heavy atom. The van der Waals surface area contributed by atoms with Crippen molar-refractivity contribution >= 4 is 0 Å². The maximum atomic E-state index is 8.97. The molecular formula is C91H225N21O5. The van der Waals surface area contributed by atoms with E-state index < -0.39 is 5.54 Å². The van der Waals surface area contributed by atoms with Crippen LogP contribution in [0.1, 0.15) is 304 Å². The molecule has 0 aromatic carbocycles. The fourth-order valence-electron chi connectivity index (χ4n) is 10.5. The number of likely N-dealkylation sites (tertiary alicyclic amines) is 2. The zero-order valence-electron chi connectivity index (χ0n) is 83.1. The smallest absolute Gasteiger partial charge is 0.0633 e. The SMILES string of the molecule is C1CNCCNC1.CC(C)(CN)CO.CC(C)CCCNC(C)C.CC(N)CN(C)C.CCC(N)(CO)CO.CCCCCCC.CCCCCNCC.CCCCNC.CCN(CC)CCN.CCNCCCNCC.CN(C)CCCN.CN1CCCC1CCN.NC1CCC(O)CC1.NCCCCCCO.NCCN1CCCC1. The van der Waals surface area contributed by atoms with E-state index in [1.54, 1.807) is 0 Å². The molecule has 1 aliphatic carbocycles. The normalized spacial score (nSPS) is 15.8. The Hall–Kier alpha value is -1.04. The van der Waals surface area contributed by atoms with Gasteiger partial charge in [-0.3, -0.25) is 0 Å². The van der Waals surface area contributed by atoms with Gasteiger partial charge in [-0.15, -0.1) is 0 Å². The summed E-state index contributed by atoms with van der Waals surface area (Å²) in [6.45, 7) is 65.0. The topological polar surface area (TPSA) is 436 Å². The minimum absolute atomic E-state index is 0.0604. The first-order valence-electron chi connectivity index (χ1n) is 47.8. The minimum Gasteiger partial charge on any atom is -0.396 e. The van der Waals surface area contributed by atoms with E-state index in [1.807, 2.05) is 48.8 Å². The van der Waals surface area contributed by atoms with Gasteiger partial charge in [0.05, 0.1) is 24.9 Å². The molecule has 2 unspecified atom stereocenters. The third kappa shape index (κ3) is 150. The predicted molar refractivity (Wildman–Crippen MR) is 524 cm³/mol. The summed E-state index contributed by atoms with van der Waals surface area (Å²) in [6, 6.07) is 2.09. The highest BCUT2D eigenvalue weighted by Crippen LogP contribution is 2.17. The second kappa shape index (κ2) is 121. The van der Waals surface area contributed by atoms with Crippen molar-refractivity contribution in [3.8, 4) is 0 Å².